The summed E-state index contributed by atoms with van der Waals surface area (Å²) in [5, 5.41) is 15.4. The number of anilines is 2. The van der Waals surface area contributed by atoms with E-state index in [0.29, 0.717) is 17.3 Å². The lowest BCUT2D eigenvalue weighted by Crippen LogP contribution is -1.99. The largest absolute Gasteiger partial charge is 0.497 e. The minimum absolute atomic E-state index is 0.700. The Bertz CT molecular complexity index is 1670. The van der Waals surface area contributed by atoms with E-state index in [0.717, 1.165) is 44.4 Å². The van der Waals surface area contributed by atoms with Crippen LogP contribution in [-0.2, 0) is 0 Å². The molecule has 6 nitrogen and oxygen atoms in total. The first kappa shape index (κ1) is 21.6. The van der Waals surface area contributed by atoms with Gasteiger partial charge in [-0.05, 0) is 48.5 Å². The van der Waals surface area contributed by atoms with E-state index in [4.69, 9.17) is 9.47 Å². The number of fused-ring (bicyclic) bond motifs is 2. The molecule has 0 saturated heterocycles. The Balaban J connectivity index is 1.27. The van der Waals surface area contributed by atoms with Crippen LogP contribution in [0, 0.1) is 0 Å². The number of rotatable bonds is 6. The van der Waals surface area contributed by atoms with Gasteiger partial charge in [-0.25, -0.2) is 0 Å². The van der Waals surface area contributed by atoms with E-state index < -0.39 is 0 Å². The van der Waals surface area contributed by atoms with Crippen molar-refractivity contribution < 1.29 is 9.47 Å². The molecule has 4 aromatic carbocycles. The van der Waals surface area contributed by atoms with Crippen molar-refractivity contribution in [2.45, 2.75) is 0 Å². The predicted octanol–water partition coefficient (Wildman–Crippen LogP) is 7.39. The van der Waals surface area contributed by atoms with Gasteiger partial charge in [-0.2, -0.15) is 0 Å². The number of hydrogen-bond donors (Lipinski definition) is 1. The van der Waals surface area contributed by atoms with Gasteiger partial charge in [0.2, 0.25) is 0 Å². The van der Waals surface area contributed by atoms with Crippen molar-refractivity contribution in [1.82, 2.24) is 15.2 Å². The van der Waals surface area contributed by atoms with E-state index in [1.165, 1.54) is 0 Å². The monoisotopic (exact) mass is 470 g/mol. The van der Waals surface area contributed by atoms with E-state index in [-0.39, 0.29) is 0 Å². The predicted molar refractivity (Wildman–Crippen MR) is 143 cm³/mol. The molecular weight excluding hydrogens is 448 g/mol. The van der Waals surface area contributed by atoms with E-state index >= 15 is 0 Å². The molecule has 0 aliphatic heterocycles. The summed E-state index contributed by atoms with van der Waals surface area (Å²) in [5.74, 6) is 2.89. The van der Waals surface area contributed by atoms with Crippen molar-refractivity contribution in [3.05, 3.63) is 109 Å². The maximum atomic E-state index is 6.18. The average molecular weight is 471 g/mol. The molecule has 1 N–H and O–H groups in total. The Morgan fingerprint density at radius 3 is 2.22 bits per heavy atom. The smallest absolute Gasteiger partial charge is 0.161 e. The fourth-order valence-electron chi connectivity index (χ4n) is 4.19. The molecule has 0 amide bonds. The van der Waals surface area contributed by atoms with Crippen molar-refractivity contribution in [2.24, 2.45) is 0 Å². The highest BCUT2D eigenvalue weighted by molar-refractivity contribution is 6.00. The lowest BCUT2D eigenvalue weighted by molar-refractivity contribution is 0.415. The van der Waals surface area contributed by atoms with Crippen LogP contribution in [0.5, 0.6) is 17.2 Å². The van der Waals surface area contributed by atoms with Gasteiger partial charge in [0.1, 0.15) is 22.9 Å². The summed E-state index contributed by atoms with van der Waals surface area (Å²) in [6.45, 7) is 0. The van der Waals surface area contributed by atoms with Gasteiger partial charge < -0.3 is 14.8 Å². The average Bonchev–Trinajstić information content (AvgIpc) is 2.94. The van der Waals surface area contributed by atoms with Gasteiger partial charge >= 0.3 is 0 Å². The number of nitrogens with one attached hydrogen (secondary N) is 1. The van der Waals surface area contributed by atoms with Gasteiger partial charge in [0.25, 0.3) is 0 Å². The number of benzene rings is 4. The molecule has 6 aromatic rings. The van der Waals surface area contributed by atoms with Crippen LogP contribution in [0.25, 0.3) is 32.9 Å². The first-order valence-electron chi connectivity index (χ1n) is 11.6. The Kier molecular flexibility index (Phi) is 5.60. The van der Waals surface area contributed by atoms with Gasteiger partial charge in [-0.15, -0.1) is 10.2 Å². The van der Waals surface area contributed by atoms with Crippen molar-refractivity contribution >= 4 is 33.2 Å². The van der Waals surface area contributed by atoms with Crippen LogP contribution >= 0.6 is 0 Å². The molecule has 0 aliphatic carbocycles. The molecule has 0 bridgehead atoms. The Morgan fingerprint density at radius 2 is 1.42 bits per heavy atom. The highest BCUT2D eigenvalue weighted by Gasteiger charge is 2.11. The molecule has 0 atom stereocenters. The van der Waals surface area contributed by atoms with Crippen LogP contribution in [0.2, 0.25) is 0 Å². The summed E-state index contributed by atoms with van der Waals surface area (Å²) in [7, 11) is 1.65. The molecular formula is C30H22N4O2. The standard InChI is InChI=1S/C30H22N4O2/c1-35-23-15-16-27-26(19-23)28(17-18-31-27)36-22-13-11-21(12-14-22)32-30-25-10-6-5-9-24(25)29(33-34-30)20-7-3-2-4-8-20/h2-19H,1H3,(H,32,34). The normalized spacial score (nSPS) is 10.9. The first-order chi connectivity index (χ1) is 17.8. The summed E-state index contributed by atoms with van der Waals surface area (Å²) >= 11 is 0. The number of nitrogens with zero attached hydrogens (tertiary/aromatic N) is 3. The third-order valence-corrected chi connectivity index (χ3v) is 5.99. The maximum absolute atomic E-state index is 6.18. The third kappa shape index (κ3) is 4.16. The SMILES string of the molecule is COc1ccc2nccc(Oc3ccc(Nc4nnc(-c5ccccc5)c5ccccc45)cc3)c2c1. The zero-order valence-electron chi connectivity index (χ0n) is 19.6. The van der Waals surface area contributed by atoms with Gasteiger partial charge in [-0.1, -0.05) is 54.6 Å². The van der Waals surface area contributed by atoms with E-state index in [1.807, 2.05) is 91.0 Å². The number of aromatic nitrogens is 3. The van der Waals surface area contributed by atoms with Crippen LogP contribution in [0.4, 0.5) is 11.5 Å². The summed E-state index contributed by atoms with van der Waals surface area (Å²) in [4.78, 5) is 4.41. The first-order valence-corrected chi connectivity index (χ1v) is 11.6. The second-order valence-electron chi connectivity index (χ2n) is 8.25. The molecule has 0 spiro atoms. The summed E-state index contributed by atoms with van der Waals surface area (Å²) < 4.78 is 11.5. The molecule has 36 heavy (non-hydrogen) atoms. The third-order valence-electron chi connectivity index (χ3n) is 5.99. The topological polar surface area (TPSA) is 69.2 Å². The number of ether oxygens (including phenoxy) is 2. The Morgan fingerprint density at radius 1 is 0.667 bits per heavy atom. The molecule has 174 valence electrons. The van der Waals surface area contributed by atoms with Crippen LogP contribution in [0.3, 0.4) is 0 Å². The van der Waals surface area contributed by atoms with E-state index in [9.17, 15) is 0 Å². The molecule has 2 heterocycles. The van der Waals surface area contributed by atoms with Gasteiger partial charge in [0.05, 0.1) is 12.6 Å². The fourth-order valence-corrected chi connectivity index (χ4v) is 4.19. The second-order valence-corrected chi connectivity index (χ2v) is 8.25. The van der Waals surface area contributed by atoms with E-state index in [2.05, 4.69) is 32.6 Å². The molecule has 0 unspecified atom stereocenters. The molecule has 0 fully saturated rings. The Labute approximate surface area is 208 Å². The van der Waals surface area contributed by atoms with Gasteiger partial charge in [0, 0.05) is 33.6 Å². The highest BCUT2D eigenvalue weighted by Crippen LogP contribution is 2.33. The van der Waals surface area contributed by atoms with Crippen molar-refractivity contribution in [1.29, 1.82) is 0 Å². The minimum Gasteiger partial charge on any atom is -0.497 e. The second kappa shape index (κ2) is 9.35. The van der Waals surface area contributed by atoms with Crippen molar-refractivity contribution in [2.75, 3.05) is 12.4 Å². The molecule has 6 rings (SSSR count). The lowest BCUT2D eigenvalue weighted by atomic mass is 10.0. The lowest BCUT2D eigenvalue weighted by Gasteiger charge is -2.12. The number of hydrogen-bond acceptors (Lipinski definition) is 6. The fraction of sp³-hybridized carbons (Fsp3) is 0.0333. The van der Waals surface area contributed by atoms with E-state index in [1.54, 1.807) is 13.3 Å². The molecule has 0 saturated carbocycles. The van der Waals surface area contributed by atoms with Crippen molar-refractivity contribution in [3.8, 4) is 28.5 Å². The summed E-state index contributed by atoms with van der Waals surface area (Å²) in [6, 6.07) is 33.6. The van der Waals surface area contributed by atoms with Crippen LogP contribution in [-0.4, -0.2) is 22.3 Å². The minimum atomic E-state index is 0.700. The van der Waals surface area contributed by atoms with Crippen LogP contribution in [0.15, 0.2) is 109 Å². The zero-order valence-corrected chi connectivity index (χ0v) is 19.6. The van der Waals surface area contributed by atoms with Gasteiger partial charge in [0.15, 0.2) is 5.82 Å². The number of methoxy groups -OCH3 is 1. The van der Waals surface area contributed by atoms with Crippen molar-refractivity contribution in [3.63, 3.8) is 0 Å². The molecule has 0 aliphatic rings. The van der Waals surface area contributed by atoms with Gasteiger partial charge in [-0.3, -0.25) is 4.98 Å². The summed E-state index contributed by atoms with van der Waals surface area (Å²) in [5.41, 5.74) is 3.63. The zero-order chi connectivity index (χ0) is 24.3. The maximum Gasteiger partial charge on any atom is 0.161 e. The summed E-state index contributed by atoms with van der Waals surface area (Å²) in [6.07, 6.45) is 1.74. The van der Waals surface area contributed by atoms with Crippen LogP contribution in [0.1, 0.15) is 0 Å². The van der Waals surface area contributed by atoms with Crippen LogP contribution < -0.4 is 14.8 Å². The molecule has 0 radical (unpaired) electrons. The highest BCUT2D eigenvalue weighted by atomic mass is 16.5. The molecule has 6 heteroatoms. The quantitative estimate of drug-likeness (QED) is 0.274. The molecule has 2 aromatic heterocycles. The Hall–Kier alpha value is -4.97. The number of pyridine rings is 1.